The molecule has 0 aromatic heterocycles. The Balaban J connectivity index is 2.51. The Morgan fingerprint density at radius 1 is 1.00 bits per heavy atom. The van der Waals surface area contributed by atoms with Crippen LogP contribution in [0.2, 0.25) is 5.02 Å². The number of benzene rings is 2. The highest BCUT2D eigenvalue weighted by molar-refractivity contribution is 6.31. The molecule has 0 bridgehead atoms. The second-order valence-electron chi connectivity index (χ2n) is 3.44. The van der Waals surface area contributed by atoms with Crippen molar-refractivity contribution in [2.24, 2.45) is 0 Å². The van der Waals surface area contributed by atoms with Crippen molar-refractivity contribution in [1.82, 2.24) is 0 Å². The molecule has 0 atom stereocenters. The van der Waals surface area contributed by atoms with Crippen molar-refractivity contribution in [3.63, 3.8) is 0 Å². The minimum atomic E-state index is -0.880. The second-order valence-corrected chi connectivity index (χ2v) is 3.87. The van der Waals surface area contributed by atoms with Crippen LogP contribution < -0.4 is 0 Å². The van der Waals surface area contributed by atoms with E-state index in [9.17, 15) is 13.6 Å². The van der Waals surface area contributed by atoms with Gasteiger partial charge < -0.3 is 0 Å². The van der Waals surface area contributed by atoms with Gasteiger partial charge in [-0.15, -0.1) is 0 Å². The Bertz CT molecular complexity index is 561. The highest BCUT2D eigenvalue weighted by atomic mass is 35.5. The molecule has 0 aliphatic heterocycles. The van der Waals surface area contributed by atoms with E-state index in [-0.39, 0.29) is 5.56 Å². The smallest absolute Gasteiger partial charge is 0.198 e. The standard InChI is InChI=1S/C13H7ClF2O/c14-9-4-1-3-8(7-9)13(17)12-10(15)5-2-6-11(12)16/h1-7H. The Kier molecular flexibility index (Phi) is 3.20. The van der Waals surface area contributed by atoms with Gasteiger partial charge in [-0.3, -0.25) is 4.79 Å². The molecule has 0 N–H and O–H groups in total. The number of halogens is 3. The summed E-state index contributed by atoms with van der Waals surface area (Å²) >= 11 is 5.72. The number of hydrogen-bond donors (Lipinski definition) is 0. The zero-order valence-electron chi connectivity index (χ0n) is 8.58. The minimum absolute atomic E-state index is 0.154. The molecule has 0 aliphatic rings. The molecule has 1 nitrogen and oxygen atoms in total. The maximum absolute atomic E-state index is 13.4. The Labute approximate surface area is 102 Å². The lowest BCUT2D eigenvalue weighted by Crippen LogP contribution is -2.07. The van der Waals surface area contributed by atoms with Crippen molar-refractivity contribution < 1.29 is 13.6 Å². The summed E-state index contributed by atoms with van der Waals surface area (Å²) in [6.07, 6.45) is 0. The van der Waals surface area contributed by atoms with Crippen molar-refractivity contribution in [3.8, 4) is 0 Å². The zero-order chi connectivity index (χ0) is 12.4. The third-order valence-corrected chi connectivity index (χ3v) is 2.51. The number of carbonyl (C=O) groups is 1. The predicted octanol–water partition coefficient (Wildman–Crippen LogP) is 3.85. The first-order valence-corrected chi connectivity index (χ1v) is 5.21. The number of ketones is 1. The molecule has 0 heterocycles. The van der Waals surface area contributed by atoms with Crippen LogP contribution in [0.1, 0.15) is 15.9 Å². The molecular weight excluding hydrogens is 246 g/mol. The second kappa shape index (κ2) is 4.63. The fraction of sp³-hybridized carbons (Fsp3) is 0. The van der Waals surface area contributed by atoms with Crippen molar-refractivity contribution >= 4 is 17.4 Å². The quantitative estimate of drug-likeness (QED) is 0.742. The molecule has 2 rings (SSSR count). The van der Waals surface area contributed by atoms with E-state index in [0.717, 1.165) is 12.1 Å². The van der Waals surface area contributed by atoms with Gasteiger partial charge in [-0.05, 0) is 24.3 Å². The van der Waals surface area contributed by atoms with E-state index in [4.69, 9.17) is 11.6 Å². The van der Waals surface area contributed by atoms with Crippen molar-refractivity contribution in [2.45, 2.75) is 0 Å². The van der Waals surface area contributed by atoms with Gasteiger partial charge in [0.1, 0.15) is 11.6 Å². The van der Waals surface area contributed by atoms with Gasteiger partial charge in [0, 0.05) is 10.6 Å². The van der Waals surface area contributed by atoms with Gasteiger partial charge in [0.25, 0.3) is 0 Å². The van der Waals surface area contributed by atoms with Gasteiger partial charge in [0.2, 0.25) is 0 Å². The highest BCUT2D eigenvalue weighted by Crippen LogP contribution is 2.19. The fourth-order valence-electron chi connectivity index (χ4n) is 1.49. The highest BCUT2D eigenvalue weighted by Gasteiger charge is 2.18. The summed E-state index contributed by atoms with van der Waals surface area (Å²) in [5, 5.41) is 0.340. The zero-order valence-corrected chi connectivity index (χ0v) is 9.34. The molecule has 17 heavy (non-hydrogen) atoms. The average molecular weight is 253 g/mol. The van der Waals surface area contributed by atoms with Gasteiger partial charge in [-0.2, -0.15) is 0 Å². The molecule has 2 aromatic carbocycles. The average Bonchev–Trinajstić information content (AvgIpc) is 2.28. The van der Waals surface area contributed by atoms with E-state index >= 15 is 0 Å². The molecular formula is C13H7ClF2O. The van der Waals surface area contributed by atoms with Crippen LogP contribution in [0.5, 0.6) is 0 Å². The Morgan fingerprint density at radius 2 is 1.59 bits per heavy atom. The summed E-state index contributed by atoms with van der Waals surface area (Å²) in [4.78, 5) is 11.9. The van der Waals surface area contributed by atoms with Crippen molar-refractivity contribution in [2.75, 3.05) is 0 Å². The third kappa shape index (κ3) is 2.34. The monoisotopic (exact) mass is 252 g/mol. The lowest BCUT2D eigenvalue weighted by molar-refractivity contribution is 0.103. The molecule has 0 unspecified atom stereocenters. The van der Waals surface area contributed by atoms with Crippen LogP contribution in [-0.2, 0) is 0 Å². The molecule has 0 radical (unpaired) electrons. The largest absolute Gasteiger partial charge is 0.288 e. The van der Waals surface area contributed by atoms with Crippen molar-refractivity contribution in [1.29, 1.82) is 0 Å². The van der Waals surface area contributed by atoms with E-state index in [2.05, 4.69) is 0 Å². The summed E-state index contributed by atoms with van der Waals surface area (Å²) in [6, 6.07) is 9.25. The Hall–Kier alpha value is -1.74. The van der Waals surface area contributed by atoms with E-state index in [1.165, 1.54) is 18.2 Å². The van der Waals surface area contributed by atoms with E-state index in [1.807, 2.05) is 0 Å². The van der Waals surface area contributed by atoms with Crippen LogP contribution in [0.3, 0.4) is 0 Å². The molecule has 4 heteroatoms. The van der Waals surface area contributed by atoms with Crippen molar-refractivity contribution in [3.05, 3.63) is 70.2 Å². The lowest BCUT2D eigenvalue weighted by Gasteiger charge is -2.04. The number of hydrogen-bond acceptors (Lipinski definition) is 1. The van der Waals surface area contributed by atoms with Gasteiger partial charge in [-0.1, -0.05) is 29.8 Å². The summed E-state index contributed by atoms with van der Waals surface area (Å²) < 4.78 is 26.8. The van der Waals surface area contributed by atoms with Gasteiger partial charge >= 0.3 is 0 Å². The molecule has 0 saturated heterocycles. The normalized spacial score (nSPS) is 10.3. The topological polar surface area (TPSA) is 17.1 Å². The summed E-state index contributed by atoms with van der Waals surface area (Å²) in [5.41, 5.74) is -0.406. The van der Waals surface area contributed by atoms with E-state index in [1.54, 1.807) is 12.1 Å². The van der Waals surface area contributed by atoms with Crippen LogP contribution >= 0.6 is 11.6 Å². The molecule has 0 aliphatic carbocycles. The van der Waals surface area contributed by atoms with Crippen LogP contribution in [0, 0.1) is 11.6 Å². The van der Waals surface area contributed by atoms with Gasteiger partial charge in [-0.25, -0.2) is 8.78 Å². The fourth-order valence-corrected chi connectivity index (χ4v) is 1.68. The number of rotatable bonds is 2. The maximum Gasteiger partial charge on any atom is 0.198 e. The summed E-state index contributed by atoms with van der Waals surface area (Å²) in [7, 11) is 0. The molecule has 0 spiro atoms. The van der Waals surface area contributed by atoms with Gasteiger partial charge in [0.15, 0.2) is 5.78 Å². The molecule has 0 saturated carbocycles. The molecule has 0 amide bonds. The van der Waals surface area contributed by atoms with E-state index < -0.39 is 23.0 Å². The summed E-state index contributed by atoms with van der Waals surface area (Å²) in [6.45, 7) is 0. The van der Waals surface area contributed by atoms with Crippen LogP contribution in [0.25, 0.3) is 0 Å². The minimum Gasteiger partial charge on any atom is -0.288 e. The maximum atomic E-state index is 13.4. The Morgan fingerprint density at radius 3 is 2.18 bits per heavy atom. The van der Waals surface area contributed by atoms with Crippen LogP contribution in [0.4, 0.5) is 8.78 Å². The van der Waals surface area contributed by atoms with Crippen LogP contribution in [-0.4, -0.2) is 5.78 Å². The third-order valence-electron chi connectivity index (χ3n) is 2.28. The SMILES string of the molecule is O=C(c1cccc(Cl)c1)c1c(F)cccc1F. The first-order chi connectivity index (χ1) is 8.09. The predicted molar refractivity (Wildman–Crippen MR) is 61.2 cm³/mol. The molecule has 0 fully saturated rings. The lowest BCUT2D eigenvalue weighted by atomic mass is 10.0. The summed E-state index contributed by atoms with van der Waals surface area (Å²) in [5.74, 6) is -2.48. The molecule has 2 aromatic rings. The van der Waals surface area contributed by atoms with Crippen LogP contribution in [0.15, 0.2) is 42.5 Å². The number of carbonyl (C=O) groups excluding carboxylic acids is 1. The molecule has 86 valence electrons. The first-order valence-electron chi connectivity index (χ1n) is 4.84. The van der Waals surface area contributed by atoms with Gasteiger partial charge in [0.05, 0.1) is 5.56 Å². The van der Waals surface area contributed by atoms with E-state index in [0.29, 0.717) is 5.02 Å². The first kappa shape index (κ1) is 11.7.